The van der Waals surface area contributed by atoms with Gasteiger partial charge < -0.3 is 0 Å². The van der Waals surface area contributed by atoms with Crippen molar-refractivity contribution in [3.05, 3.63) is 0 Å². The molecule has 0 aromatic rings. The van der Waals surface area contributed by atoms with Gasteiger partial charge in [-0.2, -0.15) is 0 Å². The van der Waals surface area contributed by atoms with E-state index in [1.807, 2.05) is 0 Å². The minimum Gasteiger partial charge on any atom is 0 e. The summed E-state index contributed by atoms with van der Waals surface area (Å²) in [5.74, 6) is 0. The van der Waals surface area contributed by atoms with Crippen LogP contribution in [0.2, 0.25) is 0 Å². The molecular weight excluding hydrogens is 422 g/mol. The summed E-state index contributed by atoms with van der Waals surface area (Å²) in [5, 5.41) is 0. The lowest BCUT2D eigenvalue weighted by Crippen LogP contribution is -2.92. The van der Waals surface area contributed by atoms with Crippen molar-refractivity contribution < 1.29 is 0 Å². The molecule has 0 aliphatic heterocycles. The van der Waals surface area contributed by atoms with Gasteiger partial charge in [-0.1, -0.05) is 0 Å². The molecule has 0 heterocycles. The highest BCUT2D eigenvalue weighted by Crippen LogP contribution is 2.18. The molecule has 0 N–H and O–H groups in total. The molecule has 0 saturated heterocycles. The van der Waals surface area contributed by atoms with Crippen molar-refractivity contribution in [1.82, 2.24) is 0 Å². The third kappa shape index (κ3) is 11.4. The second-order valence-corrected chi connectivity index (χ2v) is 10.6. The minimum atomic E-state index is -1.19. The molecule has 0 unspecified atom stereocenters. The average Bonchev–Trinajstić information content (AvgIpc) is 2.73. The fraction of sp³-hybridized carbons (Fsp3) is 0. The van der Waals surface area contributed by atoms with E-state index in [9.17, 15) is 0 Å². The van der Waals surface area contributed by atoms with Gasteiger partial charge in [-0.3, -0.25) is 0 Å². The van der Waals surface area contributed by atoms with Crippen molar-refractivity contribution in [2.24, 2.45) is 0 Å². The second-order valence-electron chi connectivity index (χ2n) is 10.6. The molecule has 0 saturated carbocycles. The van der Waals surface area contributed by atoms with Crippen LogP contribution < -0.4 is 0 Å². The van der Waals surface area contributed by atoms with Crippen LogP contribution in [-0.2, 0) is 0 Å². The van der Waals surface area contributed by atoms with Crippen molar-refractivity contribution in [3.8, 4) is 0 Å². The molecule has 0 aliphatic carbocycles. The lowest BCUT2D eigenvalue weighted by molar-refractivity contribution is 3.22. The standard InChI is InChI=1S/B39/c1-21-31(20)36(30(18)19)39(37(32(22(2)3)23(4)5)33(24(6)7)25(8)9)38(34(26(10)11)27(12)13)35(28(14)15)29(16)17. The molecule has 41 radical (unpaired) electrons. The molecule has 0 atom stereocenters. The lowest BCUT2D eigenvalue weighted by Gasteiger charge is -2.54. The van der Waals surface area contributed by atoms with Crippen LogP contribution in [0, 0.1) is 0 Å². The van der Waals surface area contributed by atoms with Crippen molar-refractivity contribution >= 4 is 277 Å². The lowest BCUT2D eigenvalue weighted by atomic mass is 8.28. The molecule has 0 amide bonds. The van der Waals surface area contributed by atoms with Crippen LogP contribution in [0.1, 0.15) is 0 Å². The van der Waals surface area contributed by atoms with Gasteiger partial charge in [-0.25, -0.2) is 0 Å². The maximum absolute atomic E-state index is 6.46. The highest BCUT2D eigenvalue weighted by molar-refractivity contribution is 8.31. The van der Waals surface area contributed by atoms with Crippen LogP contribution >= 0.6 is 0 Å². The SMILES string of the molecule is [B][B]B([B])B(B([B])[B])B(B(B(B([B])[B])B([B])[B])B(B([B])[B])B([B])[B])B(B(B([B])[B])B([B])[B])B(B([B])[B])B([B])[B]. The monoisotopic (exact) mass is 429 g/mol. The molecule has 0 fully saturated rings. The first kappa shape index (κ1) is 41.5. The van der Waals surface area contributed by atoms with Crippen molar-refractivity contribution in [1.29, 1.82) is 0 Å². The molecule has 0 bridgehead atoms. The molecule has 39 heteroatoms. The average molecular weight is 422 g/mol. The summed E-state index contributed by atoms with van der Waals surface area (Å²) in [7, 11) is 126. The topological polar surface area (TPSA) is 0 Å². The molecule has 39 heavy (non-hydrogen) atoms. The highest BCUT2D eigenvalue weighted by Gasteiger charge is 2.56. The van der Waals surface area contributed by atoms with Gasteiger partial charge >= 0.3 is 0 Å². The molecule has 0 rings (SSSR count). The molecule has 0 aromatic heterocycles. The van der Waals surface area contributed by atoms with Crippen LogP contribution in [0.15, 0.2) is 0 Å². The van der Waals surface area contributed by atoms with Crippen LogP contribution in [0.25, 0.3) is 0 Å². The zero-order valence-corrected chi connectivity index (χ0v) is 22.5. The Morgan fingerprint density at radius 1 is 0.231 bits per heavy atom. The Kier molecular flexibility index (Phi) is 20.4. The van der Waals surface area contributed by atoms with Gasteiger partial charge in [0.05, 0.1) is 0 Å². The van der Waals surface area contributed by atoms with Crippen molar-refractivity contribution in [3.63, 3.8) is 0 Å². The summed E-state index contributed by atoms with van der Waals surface area (Å²) in [6.07, 6.45) is -19.7. The first-order valence-electron chi connectivity index (χ1n) is 12.7. The third-order valence-corrected chi connectivity index (χ3v) is 7.78. The van der Waals surface area contributed by atoms with Gasteiger partial charge in [-0.05, 0) is 0 Å². The molecule has 117 valence electrons. The van der Waals surface area contributed by atoms with E-state index in [4.69, 9.17) is 155 Å². The van der Waals surface area contributed by atoms with Crippen LogP contribution in [0.5, 0.6) is 0 Å². The van der Waals surface area contributed by atoms with Crippen LogP contribution in [-0.4, -0.2) is 277 Å². The molecule has 0 nitrogen and oxygen atoms in total. The summed E-state index contributed by atoms with van der Waals surface area (Å²) >= 11 is 0. The van der Waals surface area contributed by atoms with Gasteiger partial charge in [-0.15, -0.1) is 0 Å². The van der Waals surface area contributed by atoms with E-state index in [0.29, 0.717) is 0 Å². The number of hydrogen-bond donors (Lipinski definition) is 0. The fourth-order valence-electron chi connectivity index (χ4n) is 6.29. The second kappa shape index (κ2) is 19.1. The van der Waals surface area contributed by atoms with Crippen molar-refractivity contribution in [2.75, 3.05) is 0 Å². The number of rotatable bonds is 18. The van der Waals surface area contributed by atoms with E-state index < -0.39 is 115 Å². The molecule has 0 aromatic carbocycles. The smallest absolute Gasteiger partial charge is 0 e. The third-order valence-electron chi connectivity index (χ3n) is 7.78. The van der Waals surface area contributed by atoms with Gasteiger partial charge in [0.25, 0.3) is 0 Å². The molecular formula is B39. The maximum Gasteiger partial charge on any atom is 0 e. The Labute approximate surface area is 275 Å². The zero-order valence-electron chi connectivity index (χ0n) is 22.5. The van der Waals surface area contributed by atoms with E-state index in [0.717, 1.165) is 0 Å². The fourth-order valence-corrected chi connectivity index (χ4v) is 6.29. The Bertz CT molecular complexity index is 502. The van der Waals surface area contributed by atoms with Gasteiger partial charge in [0.1, 0.15) is 0 Å². The van der Waals surface area contributed by atoms with Gasteiger partial charge in [0, 0.05) is 277 Å². The summed E-state index contributed by atoms with van der Waals surface area (Å²) in [5.41, 5.74) is 0. The summed E-state index contributed by atoms with van der Waals surface area (Å²) in [4.78, 5) is 0. The minimum absolute atomic E-state index is 0.981. The van der Waals surface area contributed by atoms with E-state index in [-0.39, 0.29) is 0 Å². The van der Waals surface area contributed by atoms with E-state index >= 15 is 0 Å². The predicted molar refractivity (Wildman–Crippen MR) is 224 cm³/mol. The normalized spacial score (nSPS) is 9.54. The maximum atomic E-state index is 6.46. The van der Waals surface area contributed by atoms with E-state index in [1.165, 1.54) is 7.06 Å². The summed E-state index contributed by atoms with van der Waals surface area (Å²) < 4.78 is 0. The predicted octanol–water partition coefficient (Wildman–Crippen LogP) is -14.9. The van der Waals surface area contributed by atoms with Crippen LogP contribution in [0.4, 0.5) is 0 Å². The summed E-state index contributed by atoms with van der Waals surface area (Å²) in [6, 6.07) is 0. The van der Waals surface area contributed by atoms with E-state index in [1.54, 1.807) is 0 Å². The van der Waals surface area contributed by atoms with Gasteiger partial charge in [0.2, 0.25) is 0 Å². The van der Waals surface area contributed by atoms with Crippen molar-refractivity contribution in [2.45, 2.75) is 0 Å². The Morgan fingerprint density at radius 3 is 0.513 bits per heavy atom. The largest absolute Gasteiger partial charge is 0 e. The first-order valence-corrected chi connectivity index (χ1v) is 12.7. The van der Waals surface area contributed by atoms with Gasteiger partial charge in [0.15, 0.2) is 0 Å². The Balaban J connectivity index is 8.23. The summed E-state index contributed by atoms with van der Waals surface area (Å²) in [6.45, 7) is 0. The Hall–Kier alpha value is 2.53. The van der Waals surface area contributed by atoms with E-state index in [2.05, 4.69) is 0 Å². The number of hydrogen-bond acceptors (Lipinski definition) is 0. The quantitative estimate of drug-likeness (QED) is 0.193. The van der Waals surface area contributed by atoms with Crippen LogP contribution in [0.3, 0.4) is 0 Å². The first-order chi connectivity index (χ1) is 17.8. The highest BCUT2D eigenvalue weighted by atomic mass is 13.4. The molecule has 0 spiro atoms. The molecule has 0 aliphatic rings. The Morgan fingerprint density at radius 2 is 0.385 bits per heavy atom. The zero-order chi connectivity index (χ0) is 31.1.